The maximum atomic E-state index is 12.4. The van der Waals surface area contributed by atoms with Gasteiger partial charge in [-0.2, -0.15) is 5.10 Å². The molecule has 2 amide bonds. The lowest BCUT2D eigenvalue weighted by Gasteiger charge is -2.30. The van der Waals surface area contributed by atoms with Crippen molar-refractivity contribution < 1.29 is 4.79 Å². The largest absolute Gasteiger partial charge is 0.337 e. The Morgan fingerprint density at radius 3 is 2.38 bits per heavy atom. The molecule has 4 rings (SSSR count). The molecule has 1 aliphatic carbocycles. The first-order valence-corrected chi connectivity index (χ1v) is 10.2. The molecule has 2 N–H and O–H groups in total. The maximum absolute atomic E-state index is 12.4. The summed E-state index contributed by atoms with van der Waals surface area (Å²) in [7, 11) is 0. The Balaban J connectivity index is 1.27. The highest BCUT2D eigenvalue weighted by Crippen LogP contribution is 2.40. The second-order valence-electron chi connectivity index (χ2n) is 7.80. The lowest BCUT2D eigenvalue weighted by Crippen LogP contribution is -2.43. The Labute approximate surface area is 171 Å². The van der Waals surface area contributed by atoms with E-state index in [1.165, 1.54) is 24.7 Å². The van der Waals surface area contributed by atoms with Crippen LogP contribution in [-0.2, 0) is 18.5 Å². The molecule has 1 saturated carbocycles. The van der Waals surface area contributed by atoms with E-state index in [-0.39, 0.29) is 11.4 Å². The van der Waals surface area contributed by atoms with E-state index in [1.54, 1.807) is 11.0 Å². The van der Waals surface area contributed by atoms with Crippen molar-refractivity contribution in [3.63, 3.8) is 0 Å². The molecule has 0 spiro atoms. The van der Waals surface area contributed by atoms with E-state index in [0.717, 1.165) is 24.0 Å². The number of carbonyl (C=O) groups is 1. The van der Waals surface area contributed by atoms with Crippen LogP contribution in [0, 0.1) is 0 Å². The Morgan fingerprint density at radius 1 is 0.966 bits per heavy atom. The first-order chi connectivity index (χ1) is 14.2. The minimum atomic E-state index is -0.112. The molecule has 0 radical (unpaired) electrons. The fourth-order valence-corrected chi connectivity index (χ4v) is 4.17. The van der Waals surface area contributed by atoms with Crippen molar-refractivity contribution in [3.8, 4) is 0 Å². The number of aromatic nitrogens is 3. The third-order valence-corrected chi connectivity index (χ3v) is 5.82. The highest BCUT2D eigenvalue weighted by atomic mass is 16.2. The topological polar surface area (TPSA) is 71.8 Å². The third kappa shape index (κ3) is 4.83. The monoisotopic (exact) mass is 389 g/mol. The predicted octanol–water partition coefficient (Wildman–Crippen LogP) is 3.64. The van der Waals surface area contributed by atoms with Gasteiger partial charge in [0.2, 0.25) is 0 Å². The smallest absolute Gasteiger partial charge is 0.315 e. The molecule has 0 bridgehead atoms. The van der Waals surface area contributed by atoms with Gasteiger partial charge < -0.3 is 10.6 Å². The van der Waals surface area contributed by atoms with Gasteiger partial charge in [0.1, 0.15) is 12.7 Å². The summed E-state index contributed by atoms with van der Waals surface area (Å²) >= 11 is 0. The molecule has 2 aromatic carbocycles. The van der Waals surface area contributed by atoms with Crippen LogP contribution in [0.25, 0.3) is 0 Å². The van der Waals surface area contributed by atoms with Gasteiger partial charge in [-0.15, -0.1) is 0 Å². The quantitative estimate of drug-likeness (QED) is 0.648. The lowest BCUT2D eigenvalue weighted by atomic mass is 9.79. The van der Waals surface area contributed by atoms with Crippen molar-refractivity contribution >= 4 is 6.03 Å². The summed E-state index contributed by atoms with van der Waals surface area (Å²) in [5, 5.41) is 10.2. The Morgan fingerprint density at radius 2 is 1.69 bits per heavy atom. The van der Waals surface area contributed by atoms with Crippen LogP contribution in [0.5, 0.6) is 0 Å². The zero-order valence-electron chi connectivity index (χ0n) is 16.6. The van der Waals surface area contributed by atoms with E-state index >= 15 is 0 Å². The zero-order chi connectivity index (χ0) is 19.9. The molecule has 1 fully saturated rings. The van der Waals surface area contributed by atoms with Crippen LogP contribution < -0.4 is 10.6 Å². The summed E-state index contributed by atoms with van der Waals surface area (Å²) in [5.74, 6) is 0. The van der Waals surface area contributed by atoms with Gasteiger partial charge in [0.05, 0.1) is 6.54 Å². The van der Waals surface area contributed by atoms with Crippen molar-refractivity contribution in [1.82, 2.24) is 25.4 Å². The molecule has 150 valence electrons. The fourth-order valence-electron chi connectivity index (χ4n) is 4.17. The van der Waals surface area contributed by atoms with Crippen LogP contribution in [-0.4, -0.2) is 27.3 Å². The molecule has 29 heavy (non-hydrogen) atoms. The van der Waals surface area contributed by atoms with Gasteiger partial charge in [-0.25, -0.2) is 14.5 Å². The van der Waals surface area contributed by atoms with Crippen LogP contribution in [0.4, 0.5) is 4.79 Å². The van der Waals surface area contributed by atoms with Gasteiger partial charge in [0, 0.05) is 18.5 Å². The SMILES string of the molecule is O=C(NCc1ccc(Cn2cncn2)cc1)NCC1(c2ccccc2)CCCC1. The molecular weight excluding hydrogens is 362 g/mol. The van der Waals surface area contributed by atoms with Crippen molar-refractivity contribution in [2.24, 2.45) is 0 Å². The Bertz CT molecular complexity index is 900. The van der Waals surface area contributed by atoms with E-state index in [1.807, 2.05) is 18.2 Å². The van der Waals surface area contributed by atoms with Gasteiger partial charge in [0.25, 0.3) is 0 Å². The number of hydrogen-bond acceptors (Lipinski definition) is 3. The summed E-state index contributed by atoms with van der Waals surface area (Å²) in [5.41, 5.74) is 3.62. The van der Waals surface area contributed by atoms with Crippen LogP contribution in [0.15, 0.2) is 67.3 Å². The number of nitrogens with one attached hydrogen (secondary N) is 2. The predicted molar refractivity (Wildman–Crippen MR) is 112 cm³/mol. The van der Waals surface area contributed by atoms with Gasteiger partial charge in [-0.05, 0) is 29.5 Å². The number of urea groups is 1. The average Bonchev–Trinajstić information content (AvgIpc) is 3.45. The highest BCUT2D eigenvalue weighted by Gasteiger charge is 2.35. The number of rotatable bonds is 7. The van der Waals surface area contributed by atoms with Gasteiger partial charge in [0.15, 0.2) is 0 Å². The molecule has 0 aliphatic heterocycles. The standard InChI is InChI=1S/C23H27N5O/c29-22(26-16-23(12-4-5-13-23)21-6-2-1-3-7-21)25-14-19-8-10-20(11-9-19)15-28-18-24-17-27-28/h1-3,6-11,17-18H,4-5,12-16H2,(H2,25,26,29). The summed E-state index contributed by atoms with van der Waals surface area (Å²) in [6, 6.07) is 18.7. The molecular formula is C23H27N5O. The molecule has 1 aliphatic rings. The van der Waals surface area contributed by atoms with Crippen LogP contribution in [0.1, 0.15) is 42.4 Å². The minimum absolute atomic E-state index is 0.0710. The van der Waals surface area contributed by atoms with Crippen LogP contribution in [0.2, 0.25) is 0 Å². The fraction of sp³-hybridized carbons (Fsp3) is 0.348. The van der Waals surface area contributed by atoms with E-state index in [9.17, 15) is 4.79 Å². The first-order valence-electron chi connectivity index (χ1n) is 10.2. The van der Waals surface area contributed by atoms with Crippen molar-refractivity contribution in [1.29, 1.82) is 0 Å². The molecule has 6 nitrogen and oxygen atoms in total. The van der Waals surface area contributed by atoms with E-state index < -0.39 is 0 Å². The minimum Gasteiger partial charge on any atom is -0.337 e. The van der Waals surface area contributed by atoms with E-state index in [4.69, 9.17) is 0 Å². The van der Waals surface area contributed by atoms with Gasteiger partial charge in [-0.1, -0.05) is 67.4 Å². The maximum Gasteiger partial charge on any atom is 0.315 e. The molecule has 0 unspecified atom stereocenters. The first kappa shape index (κ1) is 19.2. The van der Waals surface area contributed by atoms with E-state index in [2.05, 4.69) is 57.1 Å². The third-order valence-electron chi connectivity index (χ3n) is 5.82. The van der Waals surface area contributed by atoms with E-state index in [0.29, 0.717) is 19.6 Å². The number of hydrogen-bond donors (Lipinski definition) is 2. The summed E-state index contributed by atoms with van der Waals surface area (Å²) in [6.07, 6.45) is 7.93. The van der Waals surface area contributed by atoms with Crippen LogP contribution in [0.3, 0.4) is 0 Å². The van der Waals surface area contributed by atoms with Gasteiger partial charge in [-0.3, -0.25) is 0 Å². The molecule has 0 saturated heterocycles. The number of benzene rings is 2. The summed E-state index contributed by atoms with van der Waals surface area (Å²) < 4.78 is 1.78. The van der Waals surface area contributed by atoms with Crippen molar-refractivity contribution in [2.45, 2.75) is 44.2 Å². The Kier molecular flexibility index (Phi) is 5.89. The highest BCUT2D eigenvalue weighted by molar-refractivity contribution is 5.74. The number of carbonyl (C=O) groups excluding carboxylic acids is 1. The summed E-state index contributed by atoms with van der Waals surface area (Å²) in [4.78, 5) is 16.3. The van der Waals surface area contributed by atoms with Crippen molar-refractivity contribution in [2.75, 3.05) is 6.54 Å². The second-order valence-corrected chi connectivity index (χ2v) is 7.80. The Hall–Kier alpha value is -3.15. The normalized spacial score (nSPS) is 15.2. The molecule has 1 heterocycles. The average molecular weight is 390 g/mol. The summed E-state index contributed by atoms with van der Waals surface area (Å²) in [6.45, 7) is 1.88. The number of nitrogens with zero attached hydrogens (tertiary/aromatic N) is 3. The number of amides is 2. The molecule has 0 atom stereocenters. The second kappa shape index (κ2) is 8.90. The zero-order valence-corrected chi connectivity index (χ0v) is 16.6. The molecule has 6 heteroatoms. The molecule has 1 aromatic heterocycles. The lowest BCUT2D eigenvalue weighted by molar-refractivity contribution is 0.236. The van der Waals surface area contributed by atoms with Gasteiger partial charge >= 0.3 is 6.03 Å². The molecule has 3 aromatic rings. The van der Waals surface area contributed by atoms with Crippen molar-refractivity contribution in [3.05, 3.63) is 83.9 Å². The van der Waals surface area contributed by atoms with Crippen LogP contribution >= 0.6 is 0 Å².